The first kappa shape index (κ1) is 13.6. The van der Waals surface area contributed by atoms with E-state index in [4.69, 9.17) is 0 Å². The number of hydrogen-bond acceptors (Lipinski definition) is 1. The number of fused-ring (bicyclic) bond motifs is 1. The van der Waals surface area contributed by atoms with Gasteiger partial charge in [-0.05, 0) is 55.1 Å². The third kappa shape index (κ3) is 3.14. The molecule has 18 heavy (non-hydrogen) atoms. The van der Waals surface area contributed by atoms with E-state index in [-0.39, 0.29) is 5.41 Å². The molecule has 0 amide bonds. The third-order valence-corrected chi connectivity index (χ3v) is 4.09. The van der Waals surface area contributed by atoms with Crippen LogP contribution in [-0.2, 0) is 12.0 Å². The van der Waals surface area contributed by atoms with Crippen LogP contribution >= 0.6 is 0 Å². The summed E-state index contributed by atoms with van der Waals surface area (Å²) in [5.41, 5.74) is 2.23. The van der Waals surface area contributed by atoms with E-state index < -0.39 is 5.60 Å². The van der Waals surface area contributed by atoms with Gasteiger partial charge in [0, 0.05) is 0 Å². The molecule has 0 fully saturated rings. The van der Waals surface area contributed by atoms with Gasteiger partial charge >= 0.3 is 0 Å². The Bertz CT molecular complexity index is 402. The maximum absolute atomic E-state index is 11.1. The van der Waals surface area contributed by atoms with Gasteiger partial charge in [0.05, 0.1) is 5.60 Å². The molecule has 1 heteroatoms. The van der Waals surface area contributed by atoms with E-state index in [1.165, 1.54) is 17.5 Å². The van der Waals surface area contributed by atoms with Crippen molar-refractivity contribution in [2.75, 3.05) is 0 Å². The first-order valence-corrected chi connectivity index (χ1v) is 7.22. The van der Waals surface area contributed by atoms with Crippen LogP contribution < -0.4 is 0 Å². The second-order valence-electron chi connectivity index (χ2n) is 6.96. The van der Waals surface area contributed by atoms with Crippen LogP contribution in [0.2, 0.25) is 0 Å². The van der Waals surface area contributed by atoms with Gasteiger partial charge in [-0.25, -0.2) is 0 Å². The molecule has 2 rings (SSSR count). The van der Waals surface area contributed by atoms with Crippen molar-refractivity contribution in [2.45, 2.75) is 64.9 Å². The molecule has 1 aromatic carbocycles. The highest BCUT2D eigenvalue weighted by Gasteiger charge is 2.33. The molecule has 0 saturated carbocycles. The zero-order chi connectivity index (χ0) is 13.2. The number of aryl methyl sites for hydroxylation is 1. The predicted octanol–water partition coefficient (Wildman–Crippen LogP) is 4.43. The number of rotatable bonds is 2. The lowest BCUT2D eigenvalue weighted by Crippen LogP contribution is -2.27. The molecular formula is C17H26O. The van der Waals surface area contributed by atoms with Crippen LogP contribution in [0, 0.1) is 5.41 Å². The fraction of sp³-hybridized carbons (Fsp3) is 0.647. The Balaban J connectivity index is 2.25. The maximum Gasteiger partial charge on any atom is 0.0899 e. The monoisotopic (exact) mass is 246 g/mol. The molecule has 100 valence electrons. The lowest BCUT2D eigenvalue weighted by Gasteiger charge is -2.32. The van der Waals surface area contributed by atoms with Crippen LogP contribution in [0.1, 0.15) is 64.0 Å². The predicted molar refractivity (Wildman–Crippen MR) is 76.6 cm³/mol. The molecule has 1 aliphatic carbocycles. The fourth-order valence-electron chi connectivity index (χ4n) is 2.90. The molecule has 1 atom stereocenters. The summed E-state index contributed by atoms with van der Waals surface area (Å²) in [6, 6.07) is 8.46. The molecule has 0 saturated heterocycles. The summed E-state index contributed by atoms with van der Waals surface area (Å²) >= 11 is 0. The maximum atomic E-state index is 11.1. The summed E-state index contributed by atoms with van der Waals surface area (Å²) in [5, 5.41) is 11.1. The summed E-state index contributed by atoms with van der Waals surface area (Å²) in [5.74, 6) is 0. The zero-order valence-electron chi connectivity index (χ0n) is 12.0. The van der Waals surface area contributed by atoms with Crippen LogP contribution in [0.5, 0.6) is 0 Å². The first-order valence-electron chi connectivity index (χ1n) is 7.22. The van der Waals surface area contributed by atoms with Crippen molar-refractivity contribution in [3.63, 3.8) is 0 Å². The van der Waals surface area contributed by atoms with Crippen LogP contribution in [0.3, 0.4) is 0 Å². The normalized spacial score (nSPS) is 24.4. The van der Waals surface area contributed by atoms with Gasteiger partial charge in [0.15, 0.2) is 0 Å². The Kier molecular flexibility index (Phi) is 3.82. The van der Waals surface area contributed by atoms with E-state index in [1.807, 2.05) is 0 Å². The highest BCUT2D eigenvalue weighted by Crippen LogP contribution is 2.39. The molecule has 1 aromatic rings. The lowest BCUT2D eigenvalue weighted by atomic mass is 9.79. The molecule has 1 aliphatic rings. The van der Waals surface area contributed by atoms with Crippen molar-refractivity contribution in [3.8, 4) is 0 Å². The number of aliphatic hydroxyl groups is 1. The van der Waals surface area contributed by atoms with Crippen molar-refractivity contribution < 1.29 is 5.11 Å². The van der Waals surface area contributed by atoms with E-state index in [2.05, 4.69) is 45.0 Å². The Morgan fingerprint density at radius 3 is 2.61 bits per heavy atom. The Morgan fingerprint density at radius 2 is 1.89 bits per heavy atom. The standard InChI is InChI=1S/C17H26O/c1-16(2,3)12-13-17(18)11-7-6-9-14-8-4-5-10-15(14)17/h4-5,8,10,18H,6-7,9,11-13H2,1-3H3. The number of hydrogen-bond donors (Lipinski definition) is 1. The molecule has 1 N–H and O–H groups in total. The quantitative estimate of drug-likeness (QED) is 0.765. The van der Waals surface area contributed by atoms with Gasteiger partial charge in [0.25, 0.3) is 0 Å². The molecule has 0 aromatic heterocycles. The highest BCUT2D eigenvalue weighted by molar-refractivity contribution is 5.33. The minimum absolute atomic E-state index is 0.289. The smallest absolute Gasteiger partial charge is 0.0899 e. The molecule has 0 aliphatic heterocycles. The second kappa shape index (κ2) is 5.05. The summed E-state index contributed by atoms with van der Waals surface area (Å²) in [6.07, 6.45) is 6.32. The van der Waals surface area contributed by atoms with Gasteiger partial charge in [-0.1, -0.05) is 45.0 Å². The minimum Gasteiger partial charge on any atom is -0.385 e. The van der Waals surface area contributed by atoms with Gasteiger partial charge in [-0.2, -0.15) is 0 Å². The van der Waals surface area contributed by atoms with Crippen molar-refractivity contribution >= 4 is 0 Å². The summed E-state index contributed by atoms with van der Waals surface area (Å²) < 4.78 is 0. The van der Waals surface area contributed by atoms with Gasteiger partial charge in [0.2, 0.25) is 0 Å². The number of benzene rings is 1. The molecule has 1 nitrogen and oxygen atoms in total. The molecule has 1 unspecified atom stereocenters. The summed E-state index contributed by atoms with van der Waals surface area (Å²) in [6.45, 7) is 6.75. The van der Waals surface area contributed by atoms with E-state index in [1.54, 1.807) is 0 Å². The van der Waals surface area contributed by atoms with Crippen LogP contribution in [-0.4, -0.2) is 5.11 Å². The van der Waals surface area contributed by atoms with Gasteiger partial charge < -0.3 is 5.11 Å². The van der Waals surface area contributed by atoms with Crippen LogP contribution in [0.15, 0.2) is 24.3 Å². The highest BCUT2D eigenvalue weighted by atomic mass is 16.3. The molecule has 0 radical (unpaired) electrons. The van der Waals surface area contributed by atoms with E-state index >= 15 is 0 Å². The SMILES string of the molecule is CC(C)(C)CCC1(O)CCCCc2ccccc21. The Labute approximate surface area is 111 Å². The van der Waals surface area contributed by atoms with Crippen molar-refractivity contribution in [1.29, 1.82) is 0 Å². The average molecular weight is 246 g/mol. The van der Waals surface area contributed by atoms with E-state index in [0.717, 1.165) is 32.1 Å². The average Bonchev–Trinajstić information content (AvgIpc) is 2.47. The third-order valence-electron chi connectivity index (χ3n) is 4.09. The molecule has 0 spiro atoms. The lowest BCUT2D eigenvalue weighted by molar-refractivity contribution is 0.00773. The van der Waals surface area contributed by atoms with Gasteiger partial charge in [-0.3, -0.25) is 0 Å². The topological polar surface area (TPSA) is 20.2 Å². The van der Waals surface area contributed by atoms with E-state index in [9.17, 15) is 5.11 Å². The van der Waals surface area contributed by atoms with Crippen molar-refractivity contribution in [1.82, 2.24) is 0 Å². The summed E-state index contributed by atoms with van der Waals surface area (Å²) in [4.78, 5) is 0. The Morgan fingerprint density at radius 1 is 1.17 bits per heavy atom. The molecular weight excluding hydrogens is 220 g/mol. The van der Waals surface area contributed by atoms with Crippen molar-refractivity contribution in [2.24, 2.45) is 5.41 Å². The molecule has 0 bridgehead atoms. The van der Waals surface area contributed by atoms with Gasteiger partial charge in [0.1, 0.15) is 0 Å². The first-order chi connectivity index (χ1) is 8.41. The Hall–Kier alpha value is -0.820. The molecule has 0 heterocycles. The van der Waals surface area contributed by atoms with Crippen LogP contribution in [0.4, 0.5) is 0 Å². The fourth-order valence-corrected chi connectivity index (χ4v) is 2.90. The van der Waals surface area contributed by atoms with Crippen molar-refractivity contribution in [3.05, 3.63) is 35.4 Å². The second-order valence-corrected chi connectivity index (χ2v) is 6.96. The van der Waals surface area contributed by atoms with Crippen LogP contribution in [0.25, 0.3) is 0 Å². The summed E-state index contributed by atoms with van der Waals surface area (Å²) in [7, 11) is 0. The largest absolute Gasteiger partial charge is 0.385 e. The zero-order valence-corrected chi connectivity index (χ0v) is 12.0. The van der Waals surface area contributed by atoms with E-state index in [0.29, 0.717) is 0 Å². The minimum atomic E-state index is -0.597. The van der Waals surface area contributed by atoms with Gasteiger partial charge in [-0.15, -0.1) is 0 Å².